The van der Waals surface area contributed by atoms with Gasteiger partial charge in [0.1, 0.15) is 6.29 Å². The highest BCUT2D eigenvalue weighted by molar-refractivity contribution is 5.48. The van der Waals surface area contributed by atoms with E-state index in [2.05, 4.69) is 6.92 Å². The highest BCUT2D eigenvalue weighted by Crippen LogP contribution is 2.05. The lowest BCUT2D eigenvalue weighted by atomic mass is 10.1. The van der Waals surface area contributed by atoms with Crippen molar-refractivity contribution in [3.05, 3.63) is 12.3 Å². The lowest BCUT2D eigenvalue weighted by molar-refractivity contribution is -0.107. The number of allylic oxidation sites excluding steroid dienone is 1. The van der Waals surface area contributed by atoms with Crippen LogP contribution in [0.15, 0.2) is 12.3 Å². The molecule has 0 aromatic carbocycles. The second kappa shape index (κ2) is 18.2. The monoisotopic (exact) mass is 284 g/mol. The van der Waals surface area contributed by atoms with Crippen molar-refractivity contribution in [2.24, 2.45) is 0 Å². The molecule has 0 saturated heterocycles. The van der Waals surface area contributed by atoms with Crippen LogP contribution in [-0.4, -0.2) is 19.7 Å². The van der Waals surface area contributed by atoms with Crippen molar-refractivity contribution in [1.82, 2.24) is 0 Å². The predicted molar refractivity (Wildman–Crippen MR) is 83.6 cm³/mol. The SMILES string of the molecule is CCCCCCCOCOC=CCCCCCCC=O. The van der Waals surface area contributed by atoms with Gasteiger partial charge in [-0.25, -0.2) is 0 Å². The molecule has 0 aliphatic heterocycles. The van der Waals surface area contributed by atoms with Crippen molar-refractivity contribution >= 4 is 6.29 Å². The van der Waals surface area contributed by atoms with E-state index in [1.807, 2.05) is 6.08 Å². The molecular weight excluding hydrogens is 252 g/mol. The molecule has 0 aromatic rings. The number of carbonyl (C=O) groups is 1. The average molecular weight is 284 g/mol. The minimum Gasteiger partial charge on any atom is -0.475 e. The summed E-state index contributed by atoms with van der Waals surface area (Å²) in [5, 5.41) is 0. The third kappa shape index (κ3) is 17.2. The van der Waals surface area contributed by atoms with E-state index >= 15 is 0 Å². The van der Waals surface area contributed by atoms with Crippen molar-refractivity contribution in [2.75, 3.05) is 13.4 Å². The fraction of sp³-hybridized carbons (Fsp3) is 0.824. The van der Waals surface area contributed by atoms with Gasteiger partial charge in [0.15, 0.2) is 6.79 Å². The van der Waals surface area contributed by atoms with Gasteiger partial charge in [-0.2, -0.15) is 0 Å². The molecule has 3 nitrogen and oxygen atoms in total. The Balaban J connectivity index is 3.03. The summed E-state index contributed by atoms with van der Waals surface area (Å²) < 4.78 is 10.6. The van der Waals surface area contributed by atoms with Gasteiger partial charge in [0.25, 0.3) is 0 Å². The zero-order valence-electron chi connectivity index (χ0n) is 13.1. The van der Waals surface area contributed by atoms with Gasteiger partial charge in [0, 0.05) is 6.42 Å². The van der Waals surface area contributed by atoms with E-state index < -0.39 is 0 Å². The number of rotatable bonds is 16. The standard InChI is InChI=1S/C17H32O3/c1-2-3-4-9-12-15-19-17-20-16-13-10-7-5-6-8-11-14-18/h13-14,16H,2-12,15,17H2,1H3. The van der Waals surface area contributed by atoms with Crippen LogP contribution in [0.4, 0.5) is 0 Å². The van der Waals surface area contributed by atoms with Crippen molar-refractivity contribution in [1.29, 1.82) is 0 Å². The summed E-state index contributed by atoms with van der Waals surface area (Å²) >= 11 is 0. The number of unbranched alkanes of at least 4 members (excludes halogenated alkanes) is 9. The largest absolute Gasteiger partial charge is 0.475 e. The maximum absolute atomic E-state index is 10.1. The summed E-state index contributed by atoms with van der Waals surface area (Å²) in [7, 11) is 0. The molecule has 0 rings (SSSR count). The second-order valence-electron chi connectivity index (χ2n) is 5.14. The van der Waals surface area contributed by atoms with Crippen molar-refractivity contribution in [3.8, 4) is 0 Å². The number of hydrogen-bond acceptors (Lipinski definition) is 3. The smallest absolute Gasteiger partial charge is 0.188 e. The third-order valence-corrected chi connectivity index (χ3v) is 3.18. The van der Waals surface area contributed by atoms with Gasteiger partial charge in [-0.05, 0) is 31.8 Å². The zero-order chi connectivity index (χ0) is 14.7. The summed E-state index contributed by atoms with van der Waals surface area (Å²) in [5.74, 6) is 0. The molecule has 0 spiro atoms. The number of ether oxygens (including phenoxy) is 2. The molecule has 0 amide bonds. The topological polar surface area (TPSA) is 35.5 Å². The molecule has 0 atom stereocenters. The maximum Gasteiger partial charge on any atom is 0.188 e. The molecule has 0 unspecified atom stereocenters. The zero-order valence-corrected chi connectivity index (χ0v) is 13.1. The number of hydrogen-bond donors (Lipinski definition) is 0. The van der Waals surface area contributed by atoms with Crippen molar-refractivity contribution < 1.29 is 14.3 Å². The van der Waals surface area contributed by atoms with Gasteiger partial charge < -0.3 is 14.3 Å². The summed E-state index contributed by atoms with van der Waals surface area (Å²) in [6.45, 7) is 3.39. The highest BCUT2D eigenvalue weighted by Gasteiger charge is 1.90. The Bertz CT molecular complexity index is 214. The molecule has 0 N–H and O–H groups in total. The highest BCUT2D eigenvalue weighted by atomic mass is 16.7. The van der Waals surface area contributed by atoms with E-state index in [9.17, 15) is 4.79 Å². The Kier molecular flexibility index (Phi) is 17.4. The summed E-state index contributed by atoms with van der Waals surface area (Å²) in [6, 6.07) is 0. The molecule has 0 fully saturated rings. The first-order valence-electron chi connectivity index (χ1n) is 8.19. The number of carbonyl (C=O) groups excluding carboxylic acids is 1. The van der Waals surface area contributed by atoms with Gasteiger partial charge in [-0.1, -0.05) is 45.4 Å². The molecule has 3 heteroatoms. The maximum atomic E-state index is 10.1. The van der Waals surface area contributed by atoms with Gasteiger partial charge >= 0.3 is 0 Å². The lowest BCUT2D eigenvalue weighted by Crippen LogP contribution is -1.97. The van der Waals surface area contributed by atoms with Gasteiger partial charge in [-0.15, -0.1) is 0 Å². The van der Waals surface area contributed by atoms with Crippen LogP contribution in [0, 0.1) is 0 Å². The molecule has 0 radical (unpaired) electrons. The Hall–Kier alpha value is -0.830. The van der Waals surface area contributed by atoms with Gasteiger partial charge in [0.2, 0.25) is 0 Å². The Labute approximate surface area is 124 Å². The van der Waals surface area contributed by atoms with Crippen LogP contribution in [0.1, 0.15) is 77.6 Å². The molecule has 0 saturated carbocycles. The van der Waals surface area contributed by atoms with E-state index in [1.54, 1.807) is 6.26 Å². The van der Waals surface area contributed by atoms with Crippen LogP contribution in [0.2, 0.25) is 0 Å². The first-order valence-corrected chi connectivity index (χ1v) is 8.19. The Morgan fingerprint density at radius 3 is 2.30 bits per heavy atom. The molecule has 0 heterocycles. The predicted octanol–water partition coefficient (Wildman–Crippen LogP) is 5.00. The lowest BCUT2D eigenvalue weighted by Gasteiger charge is -2.03. The van der Waals surface area contributed by atoms with Crippen LogP contribution in [0.3, 0.4) is 0 Å². The summed E-state index contributed by atoms with van der Waals surface area (Å²) in [6.07, 6.45) is 17.4. The van der Waals surface area contributed by atoms with Crippen LogP contribution >= 0.6 is 0 Å². The van der Waals surface area contributed by atoms with Crippen LogP contribution in [0.5, 0.6) is 0 Å². The molecule has 20 heavy (non-hydrogen) atoms. The second-order valence-corrected chi connectivity index (χ2v) is 5.14. The average Bonchev–Trinajstić information content (AvgIpc) is 2.47. The molecule has 0 bridgehead atoms. The summed E-state index contributed by atoms with van der Waals surface area (Å²) in [5.41, 5.74) is 0. The number of aldehydes is 1. The van der Waals surface area contributed by atoms with E-state index in [4.69, 9.17) is 9.47 Å². The third-order valence-electron chi connectivity index (χ3n) is 3.18. The van der Waals surface area contributed by atoms with Gasteiger partial charge in [-0.3, -0.25) is 0 Å². The van der Waals surface area contributed by atoms with Crippen LogP contribution in [0.25, 0.3) is 0 Å². The van der Waals surface area contributed by atoms with Crippen LogP contribution in [-0.2, 0) is 14.3 Å². The quantitative estimate of drug-likeness (QED) is 0.173. The minimum atomic E-state index is 0.365. The normalized spacial score (nSPS) is 11.1. The molecule has 118 valence electrons. The Morgan fingerprint density at radius 2 is 1.55 bits per heavy atom. The molecular formula is C17H32O3. The minimum absolute atomic E-state index is 0.365. The van der Waals surface area contributed by atoms with E-state index in [0.29, 0.717) is 13.2 Å². The van der Waals surface area contributed by atoms with E-state index in [-0.39, 0.29) is 0 Å². The first-order chi connectivity index (χ1) is 9.91. The van der Waals surface area contributed by atoms with Crippen LogP contribution < -0.4 is 0 Å². The molecule has 0 aromatic heterocycles. The molecule has 0 aliphatic rings. The first kappa shape index (κ1) is 19.2. The molecule has 0 aliphatic carbocycles. The van der Waals surface area contributed by atoms with Gasteiger partial charge in [0.05, 0.1) is 12.9 Å². The van der Waals surface area contributed by atoms with E-state index in [1.165, 1.54) is 32.1 Å². The van der Waals surface area contributed by atoms with Crippen molar-refractivity contribution in [3.63, 3.8) is 0 Å². The fourth-order valence-electron chi connectivity index (χ4n) is 1.93. The van der Waals surface area contributed by atoms with Crippen molar-refractivity contribution in [2.45, 2.75) is 77.6 Å². The van der Waals surface area contributed by atoms with E-state index in [0.717, 1.165) is 45.0 Å². The summed E-state index contributed by atoms with van der Waals surface area (Å²) in [4.78, 5) is 10.1. The Morgan fingerprint density at radius 1 is 0.850 bits per heavy atom. The fourth-order valence-corrected chi connectivity index (χ4v) is 1.93.